The maximum Gasteiger partial charge on any atom is 0.140 e. The Morgan fingerprint density at radius 2 is 2.13 bits per heavy atom. The van der Waals surface area contributed by atoms with E-state index >= 15 is 0 Å². The molecular formula is C17H16N6. The number of aryl methyl sites for hydroxylation is 1. The quantitative estimate of drug-likeness (QED) is 0.540. The van der Waals surface area contributed by atoms with Crippen molar-refractivity contribution in [3.8, 4) is 11.3 Å². The van der Waals surface area contributed by atoms with Crippen molar-refractivity contribution in [2.75, 3.05) is 5.32 Å². The molecule has 6 nitrogen and oxygen atoms in total. The van der Waals surface area contributed by atoms with Crippen LogP contribution in [0.5, 0.6) is 0 Å². The van der Waals surface area contributed by atoms with Crippen molar-refractivity contribution in [2.24, 2.45) is 0 Å². The van der Waals surface area contributed by atoms with Crippen molar-refractivity contribution in [2.45, 2.75) is 13.5 Å². The Morgan fingerprint density at radius 1 is 1.17 bits per heavy atom. The van der Waals surface area contributed by atoms with Crippen LogP contribution in [0, 0.1) is 6.92 Å². The molecule has 0 aliphatic rings. The van der Waals surface area contributed by atoms with Gasteiger partial charge in [-0.15, -0.1) is 0 Å². The third-order valence-corrected chi connectivity index (χ3v) is 3.70. The first-order chi connectivity index (χ1) is 11.3. The monoisotopic (exact) mass is 304 g/mol. The Balaban J connectivity index is 1.70. The molecule has 6 heteroatoms. The summed E-state index contributed by atoms with van der Waals surface area (Å²) in [5.41, 5.74) is 3.87. The van der Waals surface area contributed by atoms with Gasteiger partial charge in [-0.3, -0.25) is 4.98 Å². The zero-order valence-corrected chi connectivity index (χ0v) is 12.7. The minimum atomic E-state index is 0.626. The molecule has 4 aromatic heterocycles. The van der Waals surface area contributed by atoms with Crippen molar-refractivity contribution in [3.05, 3.63) is 60.4 Å². The summed E-state index contributed by atoms with van der Waals surface area (Å²) in [4.78, 5) is 19.7. The van der Waals surface area contributed by atoms with Crippen molar-refractivity contribution in [3.63, 3.8) is 0 Å². The fourth-order valence-corrected chi connectivity index (χ4v) is 2.59. The molecule has 0 unspecified atom stereocenters. The van der Waals surface area contributed by atoms with Gasteiger partial charge in [0.25, 0.3) is 0 Å². The number of H-pyrrole nitrogens is 2. The lowest BCUT2D eigenvalue weighted by Crippen LogP contribution is -2.03. The van der Waals surface area contributed by atoms with Gasteiger partial charge < -0.3 is 15.3 Å². The number of anilines is 1. The van der Waals surface area contributed by atoms with Crippen LogP contribution in [-0.2, 0) is 6.54 Å². The highest BCUT2D eigenvalue weighted by molar-refractivity contribution is 5.93. The van der Waals surface area contributed by atoms with Crippen molar-refractivity contribution < 1.29 is 0 Å². The fourth-order valence-electron chi connectivity index (χ4n) is 2.59. The molecule has 4 aromatic rings. The standard InChI is InChI=1S/C17H16N6/c1-11-20-10-15(22-11)14-8-16(23-17-13(14)5-7-19-17)21-9-12-4-2-3-6-18-12/h2-8,10H,9H2,1H3,(H,20,22)(H2,19,21,23). The Bertz CT molecular complexity index is 938. The molecule has 23 heavy (non-hydrogen) atoms. The molecule has 0 aliphatic heterocycles. The van der Waals surface area contributed by atoms with Crippen LogP contribution in [0.15, 0.2) is 48.9 Å². The number of hydrogen-bond donors (Lipinski definition) is 3. The Kier molecular flexibility index (Phi) is 3.27. The fraction of sp³-hybridized carbons (Fsp3) is 0.118. The van der Waals surface area contributed by atoms with E-state index in [0.29, 0.717) is 6.54 Å². The average molecular weight is 304 g/mol. The maximum absolute atomic E-state index is 4.61. The van der Waals surface area contributed by atoms with E-state index in [1.54, 1.807) is 6.20 Å². The van der Waals surface area contributed by atoms with Gasteiger partial charge in [0, 0.05) is 23.3 Å². The largest absolute Gasteiger partial charge is 0.364 e. The van der Waals surface area contributed by atoms with E-state index in [0.717, 1.165) is 39.6 Å². The number of nitrogens with one attached hydrogen (secondary N) is 3. The SMILES string of the molecule is Cc1ncc(-c2cc(NCc3ccccn3)nc3[nH]ccc23)[nH]1. The summed E-state index contributed by atoms with van der Waals surface area (Å²) in [6.07, 6.45) is 5.53. The molecule has 0 fully saturated rings. The molecule has 0 saturated carbocycles. The van der Waals surface area contributed by atoms with Crippen LogP contribution in [0.4, 0.5) is 5.82 Å². The van der Waals surface area contributed by atoms with Crippen LogP contribution >= 0.6 is 0 Å². The van der Waals surface area contributed by atoms with Crippen LogP contribution in [0.1, 0.15) is 11.5 Å². The van der Waals surface area contributed by atoms with Crippen LogP contribution < -0.4 is 5.32 Å². The van der Waals surface area contributed by atoms with E-state index in [1.165, 1.54) is 0 Å². The summed E-state index contributed by atoms with van der Waals surface area (Å²) in [5, 5.41) is 4.40. The highest BCUT2D eigenvalue weighted by Crippen LogP contribution is 2.28. The third-order valence-electron chi connectivity index (χ3n) is 3.70. The predicted molar refractivity (Wildman–Crippen MR) is 90.0 cm³/mol. The van der Waals surface area contributed by atoms with E-state index in [4.69, 9.17) is 0 Å². The highest BCUT2D eigenvalue weighted by atomic mass is 15.0. The molecule has 0 atom stereocenters. The van der Waals surface area contributed by atoms with Gasteiger partial charge in [0.2, 0.25) is 0 Å². The highest BCUT2D eigenvalue weighted by Gasteiger charge is 2.10. The lowest BCUT2D eigenvalue weighted by molar-refractivity contribution is 1.03. The summed E-state index contributed by atoms with van der Waals surface area (Å²) in [6.45, 7) is 2.57. The number of imidazole rings is 1. The molecule has 0 aromatic carbocycles. The number of aromatic amines is 2. The molecule has 0 aliphatic carbocycles. The summed E-state index contributed by atoms with van der Waals surface area (Å²) >= 11 is 0. The van der Waals surface area contributed by atoms with E-state index in [2.05, 4.69) is 30.2 Å². The van der Waals surface area contributed by atoms with Crippen LogP contribution in [0.3, 0.4) is 0 Å². The molecule has 0 bridgehead atoms. The number of rotatable bonds is 4. The van der Waals surface area contributed by atoms with Crippen molar-refractivity contribution in [1.29, 1.82) is 0 Å². The predicted octanol–water partition coefficient (Wildman–Crippen LogP) is 3.27. The lowest BCUT2D eigenvalue weighted by atomic mass is 10.1. The van der Waals surface area contributed by atoms with E-state index < -0.39 is 0 Å². The smallest absolute Gasteiger partial charge is 0.140 e. The van der Waals surface area contributed by atoms with Gasteiger partial charge in [-0.25, -0.2) is 9.97 Å². The van der Waals surface area contributed by atoms with E-state index in [-0.39, 0.29) is 0 Å². The molecule has 0 spiro atoms. The second-order valence-corrected chi connectivity index (χ2v) is 5.35. The van der Waals surface area contributed by atoms with Gasteiger partial charge in [0.05, 0.1) is 24.1 Å². The second kappa shape index (κ2) is 5.57. The molecule has 3 N–H and O–H groups in total. The van der Waals surface area contributed by atoms with Crippen molar-refractivity contribution >= 4 is 16.9 Å². The summed E-state index contributed by atoms with van der Waals surface area (Å²) in [7, 11) is 0. The molecule has 0 radical (unpaired) electrons. The molecule has 0 saturated heterocycles. The number of aromatic nitrogens is 5. The van der Waals surface area contributed by atoms with Gasteiger partial charge in [0.1, 0.15) is 17.3 Å². The molecule has 114 valence electrons. The first-order valence-corrected chi connectivity index (χ1v) is 7.43. The van der Waals surface area contributed by atoms with E-state index in [1.807, 2.05) is 49.6 Å². The number of fused-ring (bicyclic) bond motifs is 1. The summed E-state index contributed by atoms with van der Waals surface area (Å²) in [6, 6.07) is 9.93. The average Bonchev–Trinajstić information content (AvgIpc) is 3.22. The zero-order chi connectivity index (χ0) is 15.6. The van der Waals surface area contributed by atoms with Crippen LogP contribution in [0.25, 0.3) is 22.3 Å². The Hall–Kier alpha value is -3.15. The minimum Gasteiger partial charge on any atom is -0.364 e. The Labute approximate surface area is 133 Å². The Morgan fingerprint density at radius 3 is 2.91 bits per heavy atom. The van der Waals surface area contributed by atoms with Gasteiger partial charge in [0.15, 0.2) is 0 Å². The lowest BCUT2D eigenvalue weighted by Gasteiger charge is -2.08. The van der Waals surface area contributed by atoms with Gasteiger partial charge in [-0.2, -0.15) is 0 Å². The van der Waals surface area contributed by atoms with Crippen LogP contribution in [0.2, 0.25) is 0 Å². The third kappa shape index (κ3) is 2.66. The summed E-state index contributed by atoms with van der Waals surface area (Å²) < 4.78 is 0. The van der Waals surface area contributed by atoms with Gasteiger partial charge in [-0.05, 0) is 31.2 Å². The number of hydrogen-bond acceptors (Lipinski definition) is 4. The van der Waals surface area contributed by atoms with Crippen molar-refractivity contribution in [1.82, 2.24) is 24.9 Å². The second-order valence-electron chi connectivity index (χ2n) is 5.35. The zero-order valence-electron chi connectivity index (χ0n) is 12.7. The summed E-state index contributed by atoms with van der Waals surface area (Å²) in [5.74, 6) is 1.69. The molecule has 4 heterocycles. The van der Waals surface area contributed by atoms with Gasteiger partial charge in [-0.1, -0.05) is 6.07 Å². The first-order valence-electron chi connectivity index (χ1n) is 7.43. The van der Waals surface area contributed by atoms with Gasteiger partial charge >= 0.3 is 0 Å². The molecule has 4 rings (SSSR count). The van der Waals surface area contributed by atoms with Crippen LogP contribution in [-0.4, -0.2) is 24.9 Å². The number of nitrogens with zero attached hydrogens (tertiary/aromatic N) is 3. The minimum absolute atomic E-state index is 0.626. The first kappa shape index (κ1) is 13.5. The number of pyridine rings is 2. The normalized spacial score (nSPS) is 11.0. The topological polar surface area (TPSA) is 82.3 Å². The maximum atomic E-state index is 4.61. The molecule has 0 amide bonds. The van der Waals surface area contributed by atoms with E-state index in [9.17, 15) is 0 Å². The molecular weight excluding hydrogens is 288 g/mol.